The van der Waals surface area contributed by atoms with Gasteiger partial charge in [-0.2, -0.15) is 0 Å². The lowest BCUT2D eigenvalue weighted by Crippen LogP contribution is -2.28. The molecule has 1 aromatic carbocycles. The molecule has 20 heavy (non-hydrogen) atoms. The Morgan fingerprint density at radius 3 is 2.55 bits per heavy atom. The Morgan fingerprint density at radius 2 is 2.00 bits per heavy atom. The fourth-order valence-electron chi connectivity index (χ4n) is 2.30. The van der Waals surface area contributed by atoms with Crippen LogP contribution in [0.3, 0.4) is 0 Å². The number of carbonyl (C=O) groups is 2. The summed E-state index contributed by atoms with van der Waals surface area (Å²) in [4.78, 5) is 24.6. The van der Waals surface area contributed by atoms with Crippen molar-refractivity contribution in [2.24, 2.45) is 11.7 Å². The van der Waals surface area contributed by atoms with Gasteiger partial charge in [0.2, 0.25) is 11.8 Å². The van der Waals surface area contributed by atoms with E-state index in [1.54, 1.807) is 4.90 Å². The molecule has 108 valence electrons. The molecule has 1 aliphatic heterocycles. The first-order valence-corrected chi connectivity index (χ1v) is 6.82. The Labute approximate surface area is 118 Å². The van der Waals surface area contributed by atoms with E-state index in [-0.39, 0.29) is 18.2 Å². The van der Waals surface area contributed by atoms with Crippen molar-refractivity contribution < 1.29 is 14.3 Å². The maximum Gasteiger partial charge on any atom is 0.223 e. The van der Waals surface area contributed by atoms with Crippen LogP contribution in [0.2, 0.25) is 0 Å². The van der Waals surface area contributed by atoms with Gasteiger partial charge >= 0.3 is 0 Å². The Bertz CT molecular complexity index is 484. The summed E-state index contributed by atoms with van der Waals surface area (Å²) in [6.45, 7) is 4.20. The fourth-order valence-corrected chi connectivity index (χ4v) is 2.30. The van der Waals surface area contributed by atoms with Crippen LogP contribution in [0, 0.1) is 5.92 Å². The summed E-state index contributed by atoms with van der Waals surface area (Å²) in [6.07, 6.45) is 0.234. The Morgan fingerprint density at radius 1 is 1.35 bits per heavy atom. The van der Waals surface area contributed by atoms with Crippen LogP contribution in [0.1, 0.15) is 24.5 Å². The number of nitrogens with zero attached hydrogens (tertiary/aromatic N) is 1. The zero-order valence-electron chi connectivity index (χ0n) is 11.7. The van der Waals surface area contributed by atoms with E-state index in [1.165, 1.54) is 0 Å². The molecule has 1 unspecified atom stereocenters. The summed E-state index contributed by atoms with van der Waals surface area (Å²) in [5.41, 5.74) is 7.40. The number of hydrogen-bond acceptors (Lipinski definition) is 3. The molecule has 1 atom stereocenters. The smallest absolute Gasteiger partial charge is 0.223 e. The summed E-state index contributed by atoms with van der Waals surface area (Å²) in [6, 6.07) is 7.96. The summed E-state index contributed by atoms with van der Waals surface area (Å²) < 4.78 is 5.33. The van der Waals surface area contributed by atoms with Crippen LogP contribution in [0.4, 0.5) is 0 Å². The lowest BCUT2D eigenvalue weighted by Gasteiger charge is -2.16. The highest BCUT2D eigenvalue weighted by Gasteiger charge is 2.32. The van der Waals surface area contributed by atoms with E-state index in [1.807, 2.05) is 31.2 Å². The van der Waals surface area contributed by atoms with Gasteiger partial charge in [-0.3, -0.25) is 9.59 Å². The molecular formula is C15H20N2O3. The molecule has 5 nitrogen and oxygen atoms in total. The Kier molecular flexibility index (Phi) is 4.74. The molecular weight excluding hydrogens is 256 g/mol. The second-order valence-corrected chi connectivity index (χ2v) is 5.03. The number of nitrogens with two attached hydrogens (primary N) is 1. The summed E-state index contributed by atoms with van der Waals surface area (Å²) >= 11 is 0. The maximum atomic E-state index is 11.8. The molecule has 2 amide bonds. The maximum absolute atomic E-state index is 11.8. The first-order chi connectivity index (χ1) is 9.60. The molecule has 1 aromatic rings. The molecule has 0 aromatic heterocycles. The molecule has 0 spiro atoms. The lowest BCUT2D eigenvalue weighted by atomic mass is 10.1. The number of hydrogen-bond donors (Lipinski definition) is 1. The highest BCUT2D eigenvalue weighted by atomic mass is 16.5. The summed E-state index contributed by atoms with van der Waals surface area (Å²) in [5.74, 6) is -0.750. The fraction of sp³-hybridized carbons (Fsp3) is 0.467. The molecule has 2 rings (SSSR count). The second-order valence-electron chi connectivity index (χ2n) is 5.03. The third-order valence-electron chi connectivity index (χ3n) is 3.49. The van der Waals surface area contributed by atoms with Gasteiger partial charge in [0.1, 0.15) is 0 Å². The van der Waals surface area contributed by atoms with Crippen LogP contribution < -0.4 is 5.73 Å². The molecule has 5 heteroatoms. The van der Waals surface area contributed by atoms with Gasteiger partial charge in [0.25, 0.3) is 0 Å². The molecule has 1 saturated heterocycles. The normalized spacial score (nSPS) is 18.6. The quantitative estimate of drug-likeness (QED) is 0.844. The van der Waals surface area contributed by atoms with Crippen molar-refractivity contribution in [3.8, 4) is 0 Å². The van der Waals surface area contributed by atoms with Crippen LogP contribution in [0.15, 0.2) is 24.3 Å². The molecule has 2 N–H and O–H groups in total. The van der Waals surface area contributed by atoms with E-state index in [0.29, 0.717) is 26.3 Å². The van der Waals surface area contributed by atoms with E-state index < -0.39 is 5.91 Å². The molecule has 1 fully saturated rings. The number of amides is 2. The van der Waals surface area contributed by atoms with E-state index in [4.69, 9.17) is 10.5 Å². The minimum absolute atomic E-state index is 0.00723. The SMILES string of the molecule is CCOCc1ccc(CN2CC(C(N)=O)CC2=O)cc1. The molecule has 1 aliphatic rings. The third-order valence-corrected chi connectivity index (χ3v) is 3.49. The monoisotopic (exact) mass is 276 g/mol. The highest BCUT2D eigenvalue weighted by molar-refractivity contribution is 5.88. The number of primary amides is 1. The standard InChI is InChI=1S/C15H20N2O3/c1-2-20-10-12-5-3-11(4-6-12)8-17-9-13(15(16)19)7-14(17)18/h3-6,13H,2,7-10H2,1H3,(H2,16,19). The average molecular weight is 276 g/mol. The van der Waals surface area contributed by atoms with Gasteiger partial charge in [0, 0.05) is 26.1 Å². The minimum Gasteiger partial charge on any atom is -0.377 e. The lowest BCUT2D eigenvalue weighted by molar-refractivity contribution is -0.128. The number of ether oxygens (including phenoxy) is 1. The molecule has 1 heterocycles. The van der Waals surface area contributed by atoms with Crippen molar-refractivity contribution in [1.29, 1.82) is 0 Å². The van der Waals surface area contributed by atoms with Crippen molar-refractivity contribution in [2.45, 2.75) is 26.5 Å². The van der Waals surface area contributed by atoms with Gasteiger partial charge in [-0.15, -0.1) is 0 Å². The Balaban J connectivity index is 1.93. The predicted molar refractivity (Wildman–Crippen MR) is 74.5 cm³/mol. The van der Waals surface area contributed by atoms with Crippen LogP contribution in [0.25, 0.3) is 0 Å². The van der Waals surface area contributed by atoms with Gasteiger partial charge in [0.05, 0.1) is 12.5 Å². The van der Waals surface area contributed by atoms with Gasteiger partial charge < -0.3 is 15.4 Å². The van der Waals surface area contributed by atoms with E-state index >= 15 is 0 Å². The van der Waals surface area contributed by atoms with Crippen molar-refractivity contribution in [2.75, 3.05) is 13.2 Å². The predicted octanol–water partition coefficient (Wildman–Crippen LogP) is 1.06. The number of benzene rings is 1. The molecule has 0 radical (unpaired) electrons. The Hall–Kier alpha value is -1.88. The van der Waals surface area contributed by atoms with E-state index in [2.05, 4.69) is 0 Å². The van der Waals surface area contributed by atoms with Gasteiger partial charge in [-0.05, 0) is 18.1 Å². The topological polar surface area (TPSA) is 72.6 Å². The van der Waals surface area contributed by atoms with Crippen LogP contribution >= 0.6 is 0 Å². The van der Waals surface area contributed by atoms with Crippen molar-refractivity contribution in [1.82, 2.24) is 4.90 Å². The van der Waals surface area contributed by atoms with E-state index in [0.717, 1.165) is 11.1 Å². The highest BCUT2D eigenvalue weighted by Crippen LogP contribution is 2.20. The molecule has 0 bridgehead atoms. The number of carbonyl (C=O) groups excluding carboxylic acids is 2. The largest absolute Gasteiger partial charge is 0.377 e. The van der Waals surface area contributed by atoms with E-state index in [9.17, 15) is 9.59 Å². The average Bonchev–Trinajstić information content (AvgIpc) is 2.80. The first-order valence-electron chi connectivity index (χ1n) is 6.82. The minimum atomic E-state index is -0.395. The second kappa shape index (κ2) is 6.52. The van der Waals surface area contributed by atoms with Crippen LogP contribution in [-0.4, -0.2) is 29.9 Å². The summed E-state index contributed by atoms with van der Waals surface area (Å²) in [5, 5.41) is 0. The zero-order chi connectivity index (χ0) is 14.5. The third kappa shape index (κ3) is 3.57. The van der Waals surface area contributed by atoms with Crippen molar-refractivity contribution >= 4 is 11.8 Å². The van der Waals surface area contributed by atoms with Gasteiger partial charge in [-0.25, -0.2) is 0 Å². The first kappa shape index (κ1) is 14.5. The number of likely N-dealkylation sites (tertiary alicyclic amines) is 1. The summed E-state index contributed by atoms with van der Waals surface area (Å²) in [7, 11) is 0. The van der Waals surface area contributed by atoms with Crippen molar-refractivity contribution in [3.05, 3.63) is 35.4 Å². The molecule has 0 saturated carbocycles. The van der Waals surface area contributed by atoms with Crippen LogP contribution in [0.5, 0.6) is 0 Å². The van der Waals surface area contributed by atoms with Gasteiger partial charge in [-0.1, -0.05) is 24.3 Å². The zero-order valence-corrected chi connectivity index (χ0v) is 11.7. The molecule has 0 aliphatic carbocycles. The van der Waals surface area contributed by atoms with Crippen LogP contribution in [-0.2, 0) is 27.5 Å². The number of rotatable bonds is 6. The van der Waals surface area contributed by atoms with Gasteiger partial charge in [0.15, 0.2) is 0 Å². The van der Waals surface area contributed by atoms with Crippen molar-refractivity contribution in [3.63, 3.8) is 0 Å².